The van der Waals surface area contributed by atoms with Crippen LogP contribution in [0, 0.1) is 0 Å². The van der Waals surface area contributed by atoms with Crippen molar-refractivity contribution in [2.75, 3.05) is 0 Å². The van der Waals surface area contributed by atoms with E-state index < -0.39 is 9.84 Å². The van der Waals surface area contributed by atoms with Crippen molar-refractivity contribution in [1.82, 2.24) is 9.97 Å². The van der Waals surface area contributed by atoms with E-state index in [9.17, 15) is 8.42 Å². The SMILES string of the molecule is CC(C)c1cc(C(C)C)c(S(=O)(=O)c2ncc[nH]2)c(C(C)C)c1. The van der Waals surface area contributed by atoms with Gasteiger partial charge in [-0.2, -0.15) is 0 Å². The average molecular weight is 334 g/mol. The van der Waals surface area contributed by atoms with Crippen LogP contribution < -0.4 is 0 Å². The molecule has 0 saturated carbocycles. The number of hydrogen-bond acceptors (Lipinski definition) is 3. The highest BCUT2D eigenvalue weighted by Gasteiger charge is 2.29. The topological polar surface area (TPSA) is 62.8 Å². The molecule has 0 atom stereocenters. The molecule has 0 aliphatic carbocycles. The summed E-state index contributed by atoms with van der Waals surface area (Å²) in [5.41, 5.74) is 2.92. The lowest BCUT2D eigenvalue weighted by atomic mass is 9.89. The van der Waals surface area contributed by atoms with E-state index in [1.807, 2.05) is 39.8 Å². The molecule has 4 nitrogen and oxygen atoms in total. The number of aromatic amines is 1. The number of nitrogens with zero attached hydrogens (tertiary/aromatic N) is 1. The van der Waals surface area contributed by atoms with Crippen LogP contribution in [0.15, 0.2) is 34.6 Å². The fraction of sp³-hybridized carbons (Fsp3) is 0.500. The number of benzene rings is 1. The standard InChI is InChI=1S/C18H26N2O2S/c1-11(2)14-9-15(12(3)4)17(16(10-14)13(5)6)23(21,22)18-19-7-8-20-18/h7-13H,1-6H3,(H,19,20). The maximum absolute atomic E-state index is 13.1. The van der Waals surface area contributed by atoms with E-state index in [-0.39, 0.29) is 17.0 Å². The number of H-pyrrole nitrogens is 1. The highest BCUT2D eigenvalue weighted by atomic mass is 32.2. The van der Waals surface area contributed by atoms with Crippen molar-refractivity contribution in [3.8, 4) is 0 Å². The molecule has 126 valence electrons. The zero-order chi connectivity index (χ0) is 17.4. The van der Waals surface area contributed by atoms with Gasteiger partial charge in [-0.15, -0.1) is 0 Å². The second-order valence-corrected chi connectivity index (χ2v) is 8.69. The quantitative estimate of drug-likeness (QED) is 0.868. The highest BCUT2D eigenvalue weighted by Crippen LogP contribution is 2.37. The van der Waals surface area contributed by atoms with E-state index in [1.54, 1.807) is 6.20 Å². The van der Waals surface area contributed by atoms with Gasteiger partial charge in [-0.25, -0.2) is 13.4 Å². The summed E-state index contributed by atoms with van der Waals surface area (Å²) in [4.78, 5) is 7.14. The van der Waals surface area contributed by atoms with E-state index in [4.69, 9.17) is 0 Å². The molecule has 1 heterocycles. The summed E-state index contributed by atoms with van der Waals surface area (Å²) in [5.74, 6) is 0.585. The van der Waals surface area contributed by atoms with Crippen LogP contribution in [0.1, 0.15) is 76.0 Å². The summed E-state index contributed by atoms with van der Waals surface area (Å²) >= 11 is 0. The van der Waals surface area contributed by atoms with E-state index in [1.165, 1.54) is 11.8 Å². The molecule has 2 aromatic rings. The molecular weight excluding hydrogens is 308 g/mol. The first kappa shape index (κ1) is 17.7. The minimum absolute atomic E-state index is 0.0126. The van der Waals surface area contributed by atoms with E-state index >= 15 is 0 Å². The summed E-state index contributed by atoms with van der Waals surface area (Å²) in [6.45, 7) is 12.4. The predicted octanol–water partition coefficient (Wildman–Crippen LogP) is 4.61. The van der Waals surface area contributed by atoms with Gasteiger partial charge in [-0.1, -0.05) is 53.7 Å². The van der Waals surface area contributed by atoms with Crippen molar-refractivity contribution in [2.24, 2.45) is 0 Å². The van der Waals surface area contributed by atoms with Crippen molar-refractivity contribution in [3.05, 3.63) is 41.2 Å². The molecule has 0 saturated heterocycles. The Labute approximate surface area is 139 Å². The molecule has 0 bridgehead atoms. The third-order valence-corrected chi connectivity index (χ3v) is 5.82. The van der Waals surface area contributed by atoms with Gasteiger partial charge in [0, 0.05) is 12.4 Å². The van der Waals surface area contributed by atoms with Crippen molar-refractivity contribution in [2.45, 2.75) is 69.3 Å². The normalized spacial score (nSPS) is 12.6. The van der Waals surface area contributed by atoms with Crippen molar-refractivity contribution in [3.63, 3.8) is 0 Å². The highest BCUT2D eigenvalue weighted by molar-refractivity contribution is 7.91. The van der Waals surface area contributed by atoms with E-state index in [2.05, 4.69) is 23.8 Å². The van der Waals surface area contributed by atoms with Crippen molar-refractivity contribution in [1.29, 1.82) is 0 Å². The molecule has 23 heavy (non-hydrogen) atoms. The van der Waals surface area contributed by atoms with Crippen LogP contribution in [0.5, 0.6) is 0 Å². The third kappa shape index (κ3) is 3.34. The first-order chi connectivity index (χ1) is 10.7. The first-order valence-corrected chi connectivity index (χ1v) is 9.56. The fourth-order valence-corrected chi connectivity index (χ4v) is 4.52. The Kier molecular flexibility index (Phi) is 4.99. The number of sulfone groups is 1. The summed E-state index contributed by atoms with van der Waals surface area (Å²) in [7, 11) is -3.66. The summed E-state index contributed by atoms with van der Waals surface area (Å²) < 4.78 is 26.3. The Morgan fingerprint density at radius 2 is 1.43 bits per heavy atom. The molecule has 0 aliphatic heterocycles. The van der Waals surface area contributed by atoms with Crippen LogP contribution in [0.4, 0.5) is 0 Å². The smallest absolute Gasteiger partial charge is 0.240 e. The minimum atomic E-state index is -3.66. The molecule has 1 aromatic carbocycles. The predicted molar refractivity (Wildman–Crippen MR) is 92.7 cm³/mol. The van der Waals surface area contributed by atoms with E-state index in [0.29, 0.717) is 10.8 Å². The van der Waals surface area contributed by atoms with Gasteiger partial charge in [-0.3, -0.25) is 0 Å². The van der Waals surface area contributed by atoms with Gasteiger partial charge in [0.05, 0.1) is 4.90 Å². The number of imidazole rings is 1. The molecule has 0 radical (unpaired) electrons. The summed E-state index contributed by atoms with van der Waals surface area (Å²) in [6.07, 6.45) is 3.01. The van der Waals surface area contributed by atoms with Gasteiger partial charge in [0.1, 0.15) is 0 Å². The largest absolute Gasteiger partial charge is 0.335 e. The Morgan fingerprint density at radius 3 is 1.78 bits per heavy atom. The van der Waals surface area contributed by atoms with Crippen LogP contribution in [0.2, 0.25) is 0 Å². The average Bonchev–Trinajstić information content (AvgIpc) is 3.00. The Bertz CT molecular complexity index is 744. The Morgan fingerprint density at radius 1 is 0.913 bits per heavy atom. The van der Waals surface area contributed by atoms with Gasteiger partial charge in [0.15, 0.2) is 0 Å². The molecule has 0 spiro atoms. The Hall–Kier alpha value is -1.62. The number of aromatic nitrogens is 2. The van der Waals surface area contributed by atoms with Crippen LogP contribution in [-0.4, -0.2) is 18.4 Å². The number of hydrogen-bond donors (Lipinski definition) is 1. The minimum Gasteiger partial charge on any atom is -0.335 e. The molecule has 1 N–H and O–H groups in total. The van der Waals surface area contributed by atoms with Crippen molar-refractivity contribution >= 4 is 9.84 Å². The first-order valence-electron chi connectivity index (χ1n) is 8.08. The van der Waals surface area contributed by atoms with Crippen LogP contribution >= 0.6 is 0 Å². The second kappa shape index (κ2) is 6.48. The third-order valence-electron chi connectivity index (χ3n) is 4.08. The number of rotatable bonds is 5. The summed E-state index contributed by atoms with van der Waals surface area (Å²) in [6, 6.07) is 4.08. The van der Waals surface area contributed by atoms with Gasteiger partial charge < -0.3 is 4.98 Å². The fourth-order valence-electron chi connectivity index (χ4n) is 2.69. The molecule has 0 amide bonds. The lowest BCUT2D eigenvalue weighted by Crippen LogP contribution is -2.14. The molecule has 0 unspecified atom stereocenters. The lowest BCUT2D eigenvalue weighted by molar-refractivity contribution is 0.583. The maximum atomic E-state index is 13.1. The lowest BCUT2D eigenvalue weighted by Gasteiger charge is -2.22. The Balaban J connectivity index is 2.85. The monoisotopic (exact) mass is 334 g/mol. The molecule has 1 aromatic heterocycles. The molecule has 5 heteroatoms. The van der Waals surface area contributed by atoms with Gasteiger partial charge >= 0.3 is 0 Å². The summed E-state index contributed by atoms with van der Waals surface area (Å²) in [5, 5.41) is 0.0126. The second-order valence-electron chi connectivity index (χ2n) is 6.89. The zero-order valence-corrected chi connectivity index (χ0v) is 15.5. The van der Waals surface area contributed by atoms with Crippen molar-refractivity contribution < 1.29 is 8.42 Å². The molecular formula is C18H26N2O2S. The molecule has 0 fully saturated rings. The molecule has 2 rings (SSSR count). The van der Waals surface area contributed by atoms with Crippen LogP contribution in [0.25, 0.3) is 0 Å². The molecule has 0 aliphatic rings. The van der Waals surface area contributed by atoms with Gasteiger partial charge in [-0.05, 0) is 34.4 Å². The maximum Gasteiger partial charge on any atom is 0.240 e. The van der Waals surface area contributed by atoms with Gasteiger partial charge in [0.2, 0.25) is 15.0 Å². The number of nitrogens with one attached hydrogen (secondary N) is 1. The van der Waals surface area contributed by atoms with Crippen LogP contribution in [-0.2, 0) is 9.84 Å². The van der Waals surface area contributed by atoms with Gasteiger partial charge in [0.25, 0.3) is 0 Å². The van der Waals surface area contributed by atoms with Crippen LogP contribution in [0.3, 0.4) is 0 Å². The zero-order valence-electron chi connectivity index (χ0n) is 14.7. The van der Waals surface area contributed by atoms with E-state index in [0.717, 1.165) is 11.1 Å².